The highest BCUT2D eigenvalue weighted by Gasteiger charge is 2.16. The van der Waals surface area contributed by atoms with E-state index < -0.39 is 0 Å². The number of aromatic nitrogens is 1. The molecule has 3 heteroatoms. The number of fused-ring (bicyclic) bond motifs is 1. The minimum Gasteiger partial charge on any atom is -0.303 e. The highest BCUT2D eigenvalue weighted by molar-refractivity contribution is 7.19. The highest BCUT2D eigenvalue weighted by atomic mass is 32.1. The fourth-order valence-electron chi connectivity index (χ4n) is 2.81. The van der Waals surface area contributed by atoms with Crippen LogP contribution in [0.25, 0.3) is 10.1 Å². The van der Waals surface area contributed by atoms with Gasteiger partial charge < -0.3 is 5.32 Å². The Bertz CT molecular complexity index is 733. The number of benzene rings is 1. The summed E-state index contributed by atoms with van der Waals surface area (Å²) >= 11 is 1.89. The first-order valence-electron chi connectivity index (χ1n) is 7.31. The van der Waals surface area contributed by atoms with Crippen molar-refractivity contribution in [2.24, 2.45) is 0 Å². The fourth-order valence-corrected chi connectivity index (χ4v) is 4.03. The summed E-state index contributed by atoms with van der Waals surface area (Å²) in [5.74, 6) is 0. The van der Waals surface area contributed by atoms with Crippen molar-refractivity contribution in [3.05, 3.63) is 64.8 Å². The number of hydrogen-bond donors (Lipinski definition) is 1. The van der Waals surface area contributed by atoms with Crippen LogP contribution in [0.5, 0.6) is 0 Å². The summed E-state index contributed by atoms with van der Waals surface area (Å²) in [7, 11) is 0. The third-order valence-corrected chi connectivity index (χ3v) is 5.44. The van der Waals surface area contributed by atoms with E-state index in [2.05, 4.69) is 67.5 Å². The first-order chi connectivity index (χ1) is 10.2. The molecule has 21 heavy (non-hydrogen) atoms. The van der Waals surface area contributed by atoms with Gasteiger partial charge in [0.2, 0.25) is 0 Å². The Morgan fingerprint density at radius 3 is 2.43 bits per heavy atom. The van der Waals surface area contributed by atoms with Crippen LogP contribution < -0.4 is 5.32 Å². The molecule has 0 aliphatic rings. The quantitative estimate of drug-likeness (QED) is 0.731. The Morgan fingerprint density at radius 1 is 1.00 bits per heavy atom. The van der Waals surface area contributed by atoms with E-state index in [9.17, 15) is 0 Å². The minimum absolute atomic E-state index is 0.313. The maximum atomic E-state index is 4.08. The van der Waals surface area contributed by atoms with E-state index in [4.69, 9.17) is 0 Å². The zero-order valence-corrected chi connectivity index (χ0v) is 13.4. The second-order valence-corrected chi connectivity index (χ2v) is 6.56. The summed E-state index contributed by atoms with van der Waals surface area (Å²) in [4.78, 5) is 5.51. The molecule has 1 N–H and O–H groups in total. The van der Waals surface area contributed by atoms with Gasteiger partial charge in [-0.15, -0.1) is 11.3 Å². The van der Waals surface area contributed by atoms with E-state index in [0.717, 1.165) is 0 Å². The van der Waals surface area contributed by atoms with Crippen LogP contribution in [0, 0.1) is 6.92 Å². The van der Waals surface area contributed by atoms with Crippen LogP contribution in [0.15, 0.2) is 48.8 Å². The number of nitrogens with zero attached hydrogens (tertiary/aromatic N) is 1. The summed E-state index contributed by atoms with van der Waals surface area (Å²) in [6, 6.07) is 13.4. The monoisotopic (exact) mass is 296 g/mol. The molecule has 0 fully saturated rings. The summed E-state index contributed by atoms with van der Waals surface area (Å²) in [5.41, 5.74) is 2.67. The van der Waals surface area contributed by atoms with Crippen molar-refractivity contribution >= 4 is 21.4 Å². The molecule has 0 aliphatic carbocycles. The molecule has 0 saturated carbocycles. The number of rotatable bonds is 4. The lowest BCUT2D eigenvalue weighted by Crippen LogP contribution is -2.22. The molecule has 108 valence electrons. The first-order valence-corrected chi connectivity index (χ1v) is 8.12. The molecule has 0 radical (unpaired) electrons. The van der Waals surface area contributed by atoms with Crippen molar-refractivity contribution in [3.63, 3.8) is 0 Å². The normalized spacial score (nSPS) is 14.2. The second kappa shape index (κ2) is 5.96. The third-order valence-electron chi connectivity index (χ3n) is 3.98. The third kappa shape index (κ3) is 2.85. The topological polar surface area (TPSA) is 24.9 Å². The Morgan fingerprint density at radius 2 is 1.71 bits per heavy atom. The molecule has 0 amide bonds. The Balaban J connectivity index is 1.84. The van der Waals surface area contributed by atoms with E-state index in [1.54, 1.807) is 0 Å². The van der Waals surface area contributed by atoms with Gasteiger partial charge in [-0.3, -0.25) is 4.98 Å². The predicted octanol–water partition coefficient (Wildman–Crippen LogP) is 5.02. The Kier molecular flexibility index (Phi) is 4.04. The van der Waals surface area contributed by atoms with Crippen molar-refractivity contribution in [1.29, 1.82) is 0 Å². The lowest BCUT2D eigenvalue weighted by Gasteiger charge is -2.20. The van der Waals surface area contributed by atoms with Gasteiger partial charge in [0.1, 0.15) is 0 Å². The molecule has 0 aliphatic heterocycles. The predicted molar refractivity (Wildman–Crippen MR) is 90.8 cm³/mol. The molecule has 2 heterocycles. The summed E-state index contributed by atoms with van der Waals surface area (Å²) in [6.07, 6.45) is 3.70. The molecule has 3 aromatic rings. The van der Waals surface area contributed by atoms with Gasteiger partial charge in [0.05, 0.1) is 0 Å². The van der Waals surface area contributed by atoms with E-state index in [-0.39, 0.29) is 0 Å². The molecule has 2 aromatic heterocycles. The van der Waals surface area contributed by atoms with Crippen molar-refractivity contribution in [3.8, 4) is 0 Å². The van der Waals surface area contributed by atoms with Crippen LogP contribution in [0.4, 0.5) is 0 Å². The van der Waals surface area contributed by atoms with Gasteiger partial charge in [0, 0.05) is 34.1 Å². The van der Waals surface area contributed by atoms with Crippen molar-refractivity contribution in [1.82, 2.24) is 10.3 Å². The average molecular weight is 296 g/mol. The summed E-state index contributed by atoms with van der Waals surface area (Å²) in [6.45, 7) is 6.67. The number of hydrogen-bond acceptors (Lipinski definition) is 3. The second-order valence-electron chi connectivity index (χ2n) is 5.48. The van der Waals surface area contributed by atoms with Crippen LogP contribution in [-0.4, -0.2) is 4.98 Å². The van der Waals surface area contributed by atoms with Crippen molar-refractivity contribution in [2.45, 2.75) is 32.9 Å². The number of thiophene rings is 1. The molecule has 2 nitrogen and oxygen atoms in total. The first kappa shape index (κ1) is 14.2. The van der Waals surface area contributed by atoms with Crippen LogP contribution >= 0.6 is 11.3 Å². The van der Waals surface area contributed by atoms with Gasteiger partial charge in [-0.25, -0.2) is 0 Å². The van der Waals surface area contributed by atoms with Gasteiger partial charge in [-0.05, 0) is 55.5 Å². The summed E-state index contributed by atoms with van der Waals surface area (Å²) < 4.78 is 1.37. The standard InChI is InChI=1S/C18H20N2S/c1-12-16-6-4-5-7-17(16)21-18(12)14(3)20-13(2)15-8-10-19-11-9-15/h4-11,13-14,20H,1-3H3/t13-,14?/m0/s1. The molecule has 3 rings (SSSR count). The summed E-state index contributed by atoms with van der Waals surface area (Å²) in [5, 5.41) is 5.07. The van der Waals surface area contributed by atoms with Gasteiger partial charge in [-0.2, -0.15) is 0 Å². The molecular formula is C18H20N2S. The highest BCUT2D eigenvalue weighted by Crippen LogP contribution is 2.35. The largest absolute Gasteiger partial charge is 0.303 e. The van der Waals surface area contributed by atoms with Crippen LogP contribution in [0.1, 0.15) is 41.9 Å². The smallest absolute Gasteiger partial charge is 0.0394 e. The van der Waals surface area contributed by atoms with Gasteiger partial charge in [0.25, 0.3) is 0 Å². The zero-order chi connectivity index (χ0) is 14.8. The average Bonchev–Trinajstić information content (AvgIpc) is 2.86. The van der Waals surface area contributed by atoms with Crippen LogP contribution in [-0.2, 0) is 0 Å². The van der Waals surface area contributed by atoms with Gasteiger partial charge in [0.15, 0.2) is 0 Å². The molecule has 0 spiro atoms. The number of nitrogens with one attached hydrogen (secondary N) is 1. The molecule has 1 unspecified atom stereocenters. The Labute approximate surface area is 129 Å². The molecule has 0 saturated heterocycles. The van der Waals surface area contributed by atoms with Crippen LogP contribution in [0.3, 0.4) is 0 Å². The molecule has 1 aromatic carbocycles. The van der Waals surface area contributed by atoms with Crippen molar-refractivity contribution < 1.29 is 0 Å². The fraction of sp³-hybridized carbons (Fsp3) is 0.278. The Hall–Kier alpha value is -1.71. The van der Waals surface area contributed by atoms with Gasteiger partial charge in [-0.1, -0.05) is 18.2 Å². The van der Waals surface area contributed by atoms with Gasteiger partial charge >= 0.3 is 0 Å². The lowest BCUT2D eigenvalue weighted by molar-refractivity contribution is 0.499. The maximum absolute atomic E-state index is 4.08. The van der Waals surface area contributed by atoms with E-state index in [1.165, 1.54) is 26.1 Å². The number of pyridine rings is 1. The molecule has 2 atom stereocenters. The van der Waals surface area contributed by atoms with E-state index in [0.29, 0.717) is 12.1 Å². The van der Waals surface area contributed by atoms with E-state index in [1.807, 2.05) is 23.7 Å². The maximum Gasteiger partial charge on any atom is 0.0394 e. The molecular weight excluding hydrogens is 276 g/mol. The molecule has 0 bridgehead atoms. The van der Waals surface area contributed by atoms with E-state index >= 15 is 0 Å². The number of aryl methyl sites for hydroxylation is 1. The van der Waals surface area contributed by atoms with Crippen molar-refractivity contribution in [2.75, 3.05) is 0 Å². The minimum atomic E-state index is 0.313. The SMILES string of the molecule is Cc1c(C(C)N[C@@H](C)c2ccncc2)sc2ccccc12. The lowest BCUT2D eigenvalue weighted by atomic mass is 10.1. The zero-order valence-electron chi connectivity index (χ0n) is 12.6. The van der Waals surface area contributed by atoms with Crippen LogP contribution in [0.2, 0.25) is 0 Å².